The zero-order valence-corrected chi connectivity index (χ0v) is 19.3. The van der Waals surface area contributed by atoms with E-state index in [1.807, 2.05) is 22.8 Å². The molecule has 2 heterocycles. The maximum Gasteiger partial charge on any atom is 0.245 e. The van der Waals surface area contributed by atoms with E-state index in [9.17, 15) is 4.79 Å². The van der Waals surface area contributed by atoms with Gasteiger partial charge in [-0.1, -0.05) is 47.5 Å². The largest absolute Gasteiger partial charge is 0.470 e. The summed E-state index contributed by atoms with van der Waals surface area (Å²) in [5.41, 5.74) is 10.2. The van der Waals surface area contributed by atoms with Gasteiger partial charge < -0.3 is 15.0 Å². The summed E-state index contributed by atoms with van der Waals surface area (Å²) in [5, 5.41) is 0.485. The van der Waals surface area contributed by atoms with E-state index in [4.69, 9.17) is 27.1 Å². The van der Waals surface area contributed by atoms with Crippen LogP contribution in [0.2, 0.25) is 5.02 Å². The van der Waals surface area contributed by atoms with Gasteiger partial charge in [0.1, 0.15) is 17.8 Å². The summed E-state index contributed by atoms with van der Waals surface area (Å²) in [7, 11) is 0. The summed E-state index contributed by atoms with van der Waals surface area (Å²) >= 11 is 6.66. The van der Waals surface area contributed by atoms with Crippen molar-refractivity contribution in [2.24, 2.45) is 5.73 Å². The van der Waals surface area contributed by atoms with E-state index in [1.165, 1.54) is 11.9 Å². The summed E-state index contributed by atoms with van der Waals surface area (Å²) < 4.78 is 8.21. The van der Waals surface area contributed by atoms with Crippen molar-refractivity contribution in [3.05, 3.63) is 70.5 Å². The Morgan fingerprint density at radius 1 is 1.18 bits per heavy atom. The maximum absolute atomic E-state index is 11.3. The molecule has 2 aromatic heterocycles. The van der Waals surface area contributed by atoms with Crippen LogP contribution >= 0.6 is 11.6 Å². The van der Waals surface area contributed by atoms with Crippen molar-refractivity contribution in [3.8, 4) is 17.3 Å². The smallest absolute Gasteiger partial charge is 0.245 e. The summed E-state index contributed by atoms with van der Waals surface area (Å²) in [6.45, 7) is 4.69. The number of amides is 1. The number of nitrogens with two attached hydrogens (primary N) is 1. The number of rotatable bonds is 7. The fraction of sp³-hybridized carbons (Fsp3) is 0.280. The number of aromatic nitrogens is 4. The highest BCUT2D eigenvalue weighted by Crippen LogP contribution is 2.41. The van der Waals surface area contributed by atoms with Crippen molar-refractivity contribution < 1.29 is 9.53 Å². The van der Waals surface area contributed by atoms with Crippen molar-refractivity contribution in [1.29, 1.82) is 0 Å². The first-order valence-corrected chi connectivity index (χ1v) is 11.2. The number of aryl methyl sites for hydroxylation is 1. The number of hydrogen-bond acceptors (Lipinski definition) is 5. The minimum Gasteiger partial charge on any atom is -0.470 e. The van der Waals surface area contributed by atoms with E-state index < -0.39 is 5.91 Å². The van der Waals surface area contributed by atoms with Crippen LogP contribution in [0, 0.1) is 6.92 Å². The van der Waals surface area contributed by atoms with Crippen molar-refractivity contribution in [2.45, 2.75) is 45.3 Å². The Labute approximate surface area is 196 Å². The number of primary amides is 1. The third-order valence-corrected chi connectivity index (χ3v) is 6.18. The minimum absolute atomic E-state index is 0.127. The van der Waals surface area contributed by atoms with E-state index in [0.29, 0.717) is 34.4 Å². The number of halogens is 1. The van der Waals surface area contributed by atoms with E-state index in [2.05, 4.69) is 42.0 Å². The van der Waals surface area contributed by atoms with Crippen molar-refractivity contribution in [1.82, 2.24) is 19.5 Å². The molecule has 2 aromatic carbocycles. The molecule has 0 unspecified atom stereocenters. The monoisotopic (exact) mass is 461 g/mol. The van der Waals surface area contributed by atoms with Gasteiger partial charge in [-0.2, -0.15) is 4.98 Å². The van der Waals surface area contributed by atoms with Crippen LogP contribution < -0.4 is 10.5 Å². The zero-order valence-electron chi connectivity index (χ0n) is 18.5. The molecule has 1 aliphatic rings. The number of fused-ring (bicyclic) bond motifs is 1. The van der Waals surface area contributed by atoms with E-state index in [0.717, 1.165) is 29.5 Å². The van der Waals surface area contributed by atoms with Crippen LogP contribution in [0.4, 0.5) is 0 Å². The van der Waals surface area contributed by atoms with Gasteiger partial charge >= 0.3 is 0 Å². The molecule has 1 aliphatic carbocycles. The Hall–Kier alpha value is -3.45. The molecule has 0 radical (unpaired) electrons. The number of imidazole rings is 1. The van der Waals surface area contributed by atoms with Crippen molar-refractivity contribution in [2.75, 3.05) is 0 Å². The Morgan fingerprint density at radius 3 is 2.70 bits per heavy atom. The lowest BCUT2D eigenvalue weighted by molar-refractivity contribution is -0.117. The average molecular weight is 462 g/mol. The number of carbonyl (C=O) groups is 1. The first-order chi connectivity index (χ1) is 15.8. The zero-order chi connectivity index (χ0) is 23.2. The normalized spacial score (nSPS) is 14.4. The number of carbonyl (C=O) groups excluding carboxylic acids is 1. The standard InChI is InChI=1S/C25H24ClN5O2/c1-15-4-3-5-17(10-15)13-31-22(18-7-6-16(11-19(18)26)12-20(27)32)30-21-23(31)28-14-29-24(21)33-25(2)8-9-25/h3-7,10-11,14H,8-9,12-13H2,1-2H3,(H2,27,32). The van der Waals surface area contributed by atoms with Gasteiger partial charge in [-0.3, -0.25) is 4.79 Å². The second-order valence-corrected chi connectivity index (χ2v) is 9.28. The maximum atomic E-state index is 11.3. The molecule has 5 rings (SSSR count). The van der Waals surface area contributed by atoms with Crippen LogP contribution in [-0.2, 0) is 17.8 Å². The molecule has 2 N–H and O–H groups in total. The topological polar surface area (TPSA) is 95.9 Å². The van der Waals surface area contributed by atoms with Gasteiger partial charge in [0.05, 0.1) is 18.0 Å². The predicted octanol–water partition coefficient (Wildman–Crippen LogP) is 4.46. The van der Waals surface area contributed by atoms with Crippen molar-refractivity contribution in [3.63, 3.8) is 0 Å². The van der Waals surface area contributed by atoms with Gasteiger partial charge in [0.2, 0.25) is 11.8 Å². The minimum atomic E-state index is -0.406. The molecule has 168 valence electrons. The molecule has 0 bridgehead atoms. The molecule has 33 heavy (non-hydrogen) atoms. The molecule has 0 spiro atoms. The molecule has 0 atom stereocenters. The summed E-state index contributed by atoms with van der Waals surface area (Å²) in [6, 6.07) is 13.8. The molecular weight excluding hydrogens is 438 g/mol. The van der Waals surface area contributed by atoms with Crippen LogP contribution in [-0.4, -0.2) is 31.0 Å². The van der Waals surface area contributed by atoms with Gasteiger partial charge in [0, 0.05) is 5.56 Å². The van der Waals surface area contributed by atoms with Crippen LogP contribution in [0.25, 0.3) is 22.6 Å². The van der Waals surface area contributed by atoms with Crippen LogP contribution in [0.15, 0.2) is 48.8 Å². The number of ether oxygens (including phenoxy) is 1. The Balaban J connectivity index is 1.66. The summed E-state index contributed by atoms with van der Waals surface area (Å²) in [5.74, 6) is 0.732. The van der Waals surface area contributed by atoms with Crippen LogP contribution in [0.1, 0.15) is 36.5 Å². The highest BCUT2D eigenvalue weighted by molar-refractivity contribution is 6.33. The molecular formula is C25H24ClN5O2. The lowest BCUT2D eigenvalue weighted by Gasteiger charge is -2.12. The SMILES string of the molecule is Cc1cccc(Cn2c(-c3ccc(CC(N)=O)cc3Cl)nc3c(OC4(C)CC4)ncnc32)c1. The van der Waals surface area contributed by atoms with Gasteiger partial charge in [-0.05, 0) is 49.9 Å². The summed E-state index contributed by atoms with van der Waals surface area (Å²) in [6.07, 6.45) is 3.62. The first kappa shape index (κ1) is 21.4. The number of hydrogen-bond donors (Lipinski definition) is 1. The second-order valence-electron chi connectivity index (χ2n) is 8.87. The predicted molar refractivity (Wildman–Crippen MR) is 127 cm³/mol. The first-order valence-electron chi connectivity index (χ1n) is 10.8. The second kappa shape index (κ2) is 8.15. The molecule has 0 aliphatic heterocycles. The number of benzene rings is 2. The van der Waals surface area contributed by atoms with Gasteiger partial charge in [-0.15, -0.1) is 0 Å². The Bertz CT molecular complexity index is 1380. The van der Waals surface area contributed by atoms with Crippen molar-refractivity contribution >= 4 is 28.7 Å². The Kier molecular flexibility index (Phi) is 5.29. The molecule has 0 saturated heterocycles. The highest BCUT2D eigenvalue weighted by Gasteiger charge is 2.41. The molecule has 1 amide bonds. The lowest BCUT2D eigenvalue weighted by Crippen LogP contribution is -2.13. The fourth-order valence-corrected chi connectivity index (χ4v) is 4.19. The summed E-state index contributed by atoms with van der Waals surface area (Å²) in [4.78, 5) is 25.2. The molecule has 1 saturated carbocycles. The molecule has 8 heteroatoms. The highest BCUT2D eigenvalue weighted by atomic mass is 35.5. The van der Waals surface area contributed by atoms with Crippen LogP contribution in [0.3, 0.4) is 0 Å². The van der Waals surface area contributed by atoms with Crippen LogP contribution in [0.5, 0.6) is 5.88 Å². The third kappa shape index (κ3) is 4.41. The molecule has 7 nitrogen and oxygen atoms in total. The molecule has 4 aromatic rings. The van der Waals surface area contributed by atoms with Gasteiger partial charge in [0.25, 0.3) is 0 Å². The van der Waals surface area contributed by atoms with Gasteiger partial charge in [0.15, 0.2) is 11.2 Å². The lowest BCUT2D eigenvalue weighted by atomic mass is 10.1. The third-order valence-electron chi connectivity index (χ3n) is 5.87. The van der Waals surface area contributed by atoms with Gasteiger partial charge in [-0.25, -0.2) is 9.97 Å². The van der Waals surface area contributed by atoms with E-state index in [-0.39, 0.29) is 12.0 Å². The average Bonchev–Trinajstić information content (AvgIpc) is 3.37. The molecule has 1 fully saturated rings. The Morgan fingerprint density at radius 2 is 2.00 bits per heavy atom. The number of nitrogens with zero attached hydrogens (tertiary/aromatic N) is 4. The van der Waals surface area contributed by atoms with E-state index in [1.54, 1.807) is 6.07 Å². The van der Waals surface area contributed by atoms with E-state index >= 15 is 0 Å². The fourth-order valence-electron chi connectivity index (χ4n) is 3.90. The quantitative estimate of drug-likeness (QED) is 0.438.